The first-order valence-corrected chi connectivity index (χ1v) is 17.0. The van der Waals surface area contributed by atoms with Crippen LogP contribution in [0.1, 0.15) is 112 Å². The Kier molecular flexibility index (Phi) is 7.26. The van der Waals surface area contributed by atoms with Crippen molar-refractivity contribution in [3.8, 4) is 12.1 Å². The fourth-order valence-electron chi connectivity index (χ4n) is 8.44. The molecule has 0 atom stereocenters. The first kappa shape index (κ1) is 31.3. The molecule has 5 aromatic carbocycles. The van der Waals surface area contributed by atoms with Gasteiger partial charge in [-0.2, -0.15) is 10.5 Å². The largest absolute Gasteiger partial charge is 0.307 e. The maximum absolute atomic E-state index is 11.4. The predicted molar refractivity (Wildman–Crippen MR) is 198 cm³/mol. The minimum atomic E-state index is -0.276. The number of anilines is 6. The van der Waals surface area contributed by atoms with Crippen LogP contribution in [0.2, 0.25) is 0 Å². The van der Waals surface area contributed by atoms with Crippen LogP contribution >= 0.6 is 0 Å². The highest BCUT2D eigenvalue weighted by atomic mass is 15.2. The quantitative estimate of drug-likeness (QED) is 0.199. The molecule has 0 unspecified atom stereocenters. The zero-order chi connectivity index (χ0) is 34.1. The molecule has 0 radical (unpaired) electrons. The van der Waals surface area contributed by atoms with Gasteiger partial charge in [-0.25, -0.2) is 0 Å². The van der Waals surface area contributed by atoms with E-state index < -0.39 is 0 Å². The molecule has 2 aliphatic rings. The van der Waals surface area contributed by atoms with Gasteiger partial charge in [0.1, 0.15) is 12.1 Å². The van der Waals surface area contributed by atoms with Gasteiger partial charge in [0.2, 0.25) is 0 Å². The Labute approximate surface area is 285 Å². The minimum absolute atomic E-state index is 0.0172. The number of hydrogen-bond donors (Lipinski definition) is 0. The third kappa shape index (κ3) is 4.26. The van der Waals surface area contributed by atoms with E-state index in [2.05, 4.69) is 174 Å². The molecule has 0 amide bonds. The van der Waals surface area contributed by atoms with Crippen LogP contribution in [0, 0.1) is 22.7 Å². The lowest BCUT2D eigenvalue weighted by Crippen LogP contribution is -2.34. The maximum Gasteiger partial charge on any atom is 0.102 e. The molecule has 7 rings (SSSR count). The molecule has 0 fully saturated rings. The van der Waals surface area contributed by atoms with Crippen molar-refractivity contribution in [2.45, 2.75) is 78.1 Å². The molecular formula is C44H42N4. The lowest BCUT2D eigenvalue weighted by Gasteiger charge is -2.46. The van der Waals surface area contributed by atoms with Crippen LogP contribution < -0.4 is 9.80 Å². The highest BCUT2D eigenvalue weighted by Crippen LogP contribution is 2.60. The molecule has 4 nitrogen and oxygen atoms in total. The fraction of sp³-hybridized carbons (Fsp3) is 0.273. The van der Waals surface area contributed by atoms with Crippen LogP contribution in [0.25, 0.3) is 0 Å². The van der Waals surface area contributed by atoms with Crippen LogP contribution in [-0.2, 0) is 10.8 Å². The molecular weight excluding hydrogens is 585 g/mol. The Bertz CT molecular complexity index is 1930. The summed E-state index contributed by atoms with van der Waals surface area (Å²) >= 11 is 0. The molecule has 238 valence electrons. The SMILES string of the molecule is CC(C)c1c(C#N)c(N2c3ccccc3C(C)(C)c3ccccc32)c(N2c3ccccc3C(C)(C)c3ccccc32)c(C#N)c1C(C)C. The van der Waals surface area contributed by atoms with Gasteiger partial charge in [-0.15, -0.1) is 0 Å². The van der Waals surface area contributed by atoms with Crippen molar-refractivity contribution in [2.75, 3.05) is 9.80 Å². The third-order valence-electron chi connectivity index (χ3n) is 10.6. The Hall–Kier alpha value is -5.32. The molecule has 4 heteroatoms. The maximum atomic E-state index is 11.4. The lowest BCUT2D eigenvalue weighted by molar-refractivity contribution is 0.630. The van der Waals surface area contributed by atoms with Crippen LogP contribution in [0.15, 0.2) is 97.1 Å². The first-order valence-electron chi connectivity index (χ1n) is 17.0. The van der Waals surface area contributed by atoms with Gasteiger partial charge >= 0.3 is 0 Å². The standard InChI is InChI=1S/C44H42N4/c1-27(2)39-29(25-45)41(47-35-21-13-9-17-31(35)43(5,6)32-18-10-14-22-36(32)47)42(30(26-46)40(39)28(3)4)48-37-23-15-11-19-33(37)44(7,8)34-20-12-16-24-38(34)48/h9-24,27-28H,1-8H3. The number of para-hydroxylation sites is 4. The predicted octanol–water partition coefficient (Wildman–Crippen LogP) is 11.9. The van der Waals surface area contributed by atoms with Crippen molar-refractivity contribution in [2.24, 2.45) is 0 Å². The zero-order valence-corrected chi connectivity index (χ0v) is 29.2. The van der Waals surface area contributed by atoms with E-state index in [9.17, 15) is 10.5 Å². The van der Waals surface area contributed by atoms with E-state index in [0.29, 0.717) is 11.1 Å². The summed E-state index contributed by atoms with van der Waals surface area (Å²) in [6, 6.07) is 39.6. The van der Waals surface area contributed by atoms with Gasteiger partial charge < -0.3 is 9.80 Å². The molecule has 5 aromatic rings. The summed E-state index contributed by atoms with van der Waals surface area (Å²) in [6.07, 6.45) is 0. The van der Waals surface area contributed by atoms with Gasteiger partial charge in [0.25, 0.3) is 0 Å². The van der Waals surface area contributed by atoms with Crippen molar-refractivity contribution < 1.29 is 0 Å². The van der Waals surface area contributed by atoms with Gasteiger partial charge in [-0.3, -0.25) is 0 Å². The lowest BCUT2D eigenvalue weighted by atomic mass is 9.72. The summed E-state index contributed by atoms with van der Waals surface area (Å²) < 4.78 is 0. The summed E-state index contributed by atoms with van der Waals surface area (Å²) in [6.45, 7) is 17.7. The molecule has 0 bridgehead atoms. The Morgan fingerprint density at radius 1 is 0.458 bits per heavy atom. The van der Waals surface area contributed by atoms with Gasteiger partial charge in [0.15, 0.2) is 0 Å². The van der Waals surface area contributed by atoms with Crippen molar-refractivity contribution in [3.63, 3.8) is 0 Å². The highest BCUT2D eigenvalue weighted by Gasteiger charge is 2.44. The summed E-state index contributed by atoms with van der Waals surface area (Å²) in [5.41, 5.74) is 12.9. The summed E-state index contributed by atoms with van der Waals surface area (Å²) in [5.74, 6) is 0.0343. The van der Waals surface area contributed by atoms with E-state index in [4.69, 9.17) is 0 Å². The molecule has 0 aromatic heterocycles. The third-order valence-corrected chi connectivity index (χ3v) is 10.6. The monoisotopic (exact) mass is 626 g/mol. The summed E-state index contributed by atoms with van der Waals surface area (Å²) in [4.78, 5) is 4.57. The number of nitrogens with zero attached hydrogens (tertiary/aromatic N) is 4. The van der Waals surface area contributed by atoms with E-state index in [-0.39, 0.29) is 22.7 Å². The van der Waals surface area contributed by atoms with Crippen LogP contribution in [0.3, 0.4) is 0 Å². The number of fused-ring (bicyclic) bond motifs is 4. The van der Waals surface area contributed by atoms with Crippen molar-refractivity contribution in [3.05, 3.63) is 142 Å². The van der Waals surface area contributed by atoms with Gasteiger partial charge in [0.05, 0.1) is 45.3 Å². The van der Waals surface area contributed by atoms with E-state index in [1.807, 2.05) is 0 Å². The molecule has 48 heavy (non-hydrogen) atoms. The van der Waals surface area contributed by atoms with Crippen LogP contribution in [0.4, 0.5) is 34.1 Å². The molecule has 2 heterocycles. The van der Waals surface area contributed by atoms with Crippen LogP contribution in [-0.4, -0.2) is 0 Å². The molecule has 2 aliphatic heterocycles. The smallest absolute Gasteiger partial charge is 0.102 e. The number of benzene rings is 5. The van der Waals surface area contributed by atoms with Crippen molar-refractivity contribution >= 4 is 34.1 Å². The fourth-order valence-corrected chi connectivity index (χ4v) is 8.44. The normalized spacial score (nSPS) is 15.2. The van der Waals surface area contributed by atoms with Gasteiger partial charge in [-0.1, -0.05) is 128 Å². The number of nitriles is 2. The highest BCUT2D eigenvalue weighted by molar-refractivity contribution is 6.02. The van der Waals surface area contributed by atoms with E-state index in [1.165, 1.54) is 22.3 Å². The molecule has 0 saturated carbocycles. The Morgan fingerprint density at radius 2 is 0.708 bits per heavy atom. The van der Waals surface area contributed by atoms with E-state index in [0.717, 1.165) is 45.3 Å². The number of rotatable bonds is 4. The second kappa shape index (κ2) is 11.1. The second-order valence-electron chi connectivity index (χ2n) is 14.8. The Balaban J connectivity index is 1.74. The first-order chi connectivity index (χ1) is 23.0. The van der Waals surface area contributed by atoms with Crippen LogP contribution in [0.5, 0.6) is 0 Å². The molecule has 0 spiro atoms. The average Bonchev–Trinajstić information content (AvgIpc) is 3.08. The van der Waals surface area contributed by atoms with E-state index >= 15 is 0 Å². The minimum Gasteiger partial charge on any atom is -0.307 e. The van der Waals surface area contributed by atoms with Gasteiger partial charge in [0, 0.05) is 10.8 Å². The molecule has 0 saturated heterocycles. The molecule has 0 aliphatic carbocycles. The summed E-state index contributed by atoms with van der Waals surface area (Å²) in [7, 11) is 0. The second-order valence-corrected chi connectivity index (χ2v) is 14.8. The van der Waals surface area contributed by atoms with Crippen molar-refractivity contribution in [1.29, 1.82) is 10.5 Å². The van der Waals surface area contributed by atoms with Gasteiger partial charge in [-0.05, 0) is 69.5 Å². The van der Waals surface area contributed by atoms with E-state index in [1.54, 1.807) is 0 Å². The summed E-state index contributed by atoms with van der Waals surface area (Å²) in [5, 5.41) is 22.7. The zero-order valence-electron chi connectivity index (χ0n) is 29.2. The van der Waals surface area contributed by atoms with Crippen molar-refractivity contribution in [1.82, 2.24) is 0 Å². The average molecular weight is 627 g/mol. The topological polar surface area (TPSA) is 54.1 Å². The Morgan fingerprint density at radius 3 is 0.938 bits per heavy atom. The molecule has 0 N–H and O–H groups in total. The number of hydrogen-bond acceptors (Lipinski definition) is 4.